The summed E-state index contributed by atoms with van der Waals surface area (Å²) in [6.07, 6.45) is 54.4. The van der Waals surface area contributed by atoms with Crippen molar-refractivity contribution < 1.29 is 49.3 Å². The molecule has 1 amide bonds. The molecule has 436 valence electrons. The predicted molar refractivity (Wildman–Crippen MR) is 306 cm³/mol. The number of rotatable bonds is 55. The topological polar surface area (TPSA) is 175 Å². The lowest BCUT2D eigenvalue weighted by atomic mass is 9.99. The molecule has 0 aromatic heterocycles. The van der Waals surface area contributed by atoms with Crippen LogP contribution in [0.4, 0.5) is 0 Å². The second kappa shape index (κ2) is 53.2. The van der Waals surface area contributed by atoms with E-state index >= 15 is 0 Å². The number of esters is 1. The van der Waals surface area contributed by atoms with E-state index in [0.717, 1.165) is 70.6 Å². The van der Waals surface area contributed by atoms with Crippen LogP contribution < -0.4 is 5.32 Å². The third-order valence-electron chi connectivity index (χ3n) is 15.1. The Bertz CT molecular complexity index is 1280. The predicted octanol–water partition coefficient (Wildman–Crippen LogP) is 14.9. The molecule has 1 heterocycles. The molecule has 1 fully saturated rings. The van der Waals surface area contributed by atoms with Gasteiger partial charge in [0.15, 0.2) is 6.29 Å². The number of amides is 1. The van der Waals surface area contributed by atoms with E-state index in [9.17, 15) is 35.1 Å². The van der Waals surface area contributed by atoms with Gasteiger partial charge in [-0.05, 0) is 57.8 Å². The highest BCUT2D eigenvalue weighted by Gasteiger charge is 2.44. The second-order valence-corrected chi connectivity index (χ2v) is 22.1. The summed E-state index contributed by atoms with van der Waals surface area (Å²) in [5.41, 5.74) is 0. The molecule has 0 radical (unpaired) electrons. The van der Waals surface area contributed by atoms with Crippen molar-refractivity contribution in [3.8, 4) is 0 Å². The summed E-state index contributed by atoms with van der Waals surface area (Å²) < 4.78 is 16.7. The number of hydrogen-bond acceptors (Lipinski definition) is 10. The highest BCUT2D eigenvalue weighted by atomic mass is 16.7. The monoisotopic (exact) mass is 1050 g/mol. The fourth-order valence-electron chi connectivity index (χ4n) is 10.0. The minimum Gasteiger partial charge on any atom is -0.466 e. The Morgan fingerprint density at radius 1 is 0.486 bits per heavy atom. The molecule has 0 aliphatic carbocycles. The van der Waals surface area contributed by atoms with E-state index in [0.29, 0.717) is 19.4 Å². The summed E-state index contributed by atoms with van der Waals surface area (Å²) in [7, 11) is 0. The van der Waals surface area contributed by atoms with E-state index in [2.05, 4.69) is 31.3 Å². The molecular weight excluding hydrogens is 931 g/mol. The zero-order valence-corrected chi connectivity index (χ0v) is 48.1. The van der Waals surface area contributed by atoms with Crippen molar-refractivity contribution >= 4 is 11.9 Å². The molecule has 6 N–H and O–H groups in total. The van der Waals surface area contributed by atoms with Crippen LogP contribution in [0, 0.1) is 0 Å². The van der Waals surface area contributed by atoms with Gasteiger partial charge in [-0.15, -0.1) is 0 Å². The van der Waals surface area contributed by atoms with Crippen LogP contribution in [0.5, 0.6) is 0 Å². The first-order valence-corrected chi connectivity index (χ1v) is 31.6. The number of allylic oxidation sites excluding steroid dienone is 3. The average Bonchev–Trinajstić information content (AvgIpc) is 3.40. The van der Waals surface area contributed by atoms with Crippen LogP contribution in [0.3, 0.4) is 0 Å². The Morgan fingerprint density at radius 3 is 1.30 bits per heavy atom. The number of nitrogens with one attached hydrogen (secondary N) is 1. The summed E-state index contributed by atoms with van der Waals surface area (Å²) in [5, 5.41) is 54.2. The second-order valence-electron chi connectivity index (χ2n) is 22.1. The van der Waals surface area contributed by atoms with Gasteiger partial charge in [-0.1, -0.05) is 256 Å². The molecule has 11 nitrogen and oxygen atoms in total. The van der Waals surface area contributed by atoms with Gasteiger partial charge in [0.25, 0.3) is 0 Å². The lowest BCUT2D eigenvalue weighted by Crippen LogP contribution is -2.60. The maximum Gasteiger partial charge on any atom is 0.305 e. The largest absolute Gasteiger partial charge is 0.466 e. The van der Waals surface area contributed by atoms with Crippen molar-refractivity contribution in [2.24, 2.45) is 0 Å². The molecular formula is C63H119NO10. The normalized spacial score (nSPS) is 18.9. The van der Waals surface area contributed by atoms with E-state index in [4.69, 9.17) is 14.2 Å². The molecule has 0 aromatic rings. The van der Waals surface area contributed by atoms with Gasteiger partial charge in [0.05, 0.1) is 32.0 Å². The Labute approximate surface area is 454 Å². The van der Waals surface area contributed by atoms with Crippen LogP contribution in [-0.4, -0.2) is 100 Å². The summed E-state index contributed by atoms with van der Waals surface area (Å²) in [6, 6.07) is -0.813. The Balaban J connectivity index is 1.99. The lowest BCUT2D eigenvalue weighted by molar-refractivity contribution is -0.302. The molecule has 0 bridgehead atoms. The summed E-state index contributed by atoms with van der Waals surface area (Å²) in [6.45, 7) is 4.32. The summed E-state index contributed by atoms with van der Waals surface area (Å²) in [4.78, 5) is 25.1. The van der Waals surface area contributed by atoms with Crippen LogP contribution in [0.15, 0.2) is 24.3 Å². The molecule has 1 rings (SSSR count). The molecule has 1 aliphatic heterocycles. The average molecular weight is 1050 g/mol. The Morgan fingerprint density at radius 2 is 0.865 bits per heavy atom. The van der Waals surface area contributed by atoms with E-state index in [1.807, 2.05) is 6.08 Å². The van der Waals surface area contributed by atoms with E-state index in [-0.39, 0.29) is 18.5 Å². The Hall–Kier alpha value is -1.86. The lowest BCUT2D eigenvalue weighted by Gasteiger charge is -2.40. The van der Waals surface area contributed by atoms with Crippen LogP contribution in [0.25, 0.3) is 0 Å². The van der Waals surface area contributed by atoms with Gasteiger partial charge in [-0.25, -0.2) is 0 Å². The molecule has 74 heavy (non-hydrogen) atoms. The van der Waals surface area contributed by atoms with Gasteiger partial charge in [0.1, 0.15) is 24.4 Å². The summed E-state index contributed by atoms with van der Waals surface area (Å²) >= 11 is 0. The quantitative estimate of drug-likeness (QED) is 0.0195. The van der Waals surface area contributed by atoms with E-state index in [1.165, 1.54) is 205 Å². The third-order valence-corrected chi connectivity index (χ3v) is 15.1. The van der Waals surface area contributed by atoms with Crippen molar-refractivity contribution in [3.05, 3.63) is 24.3 Å². The molecule has 1 aliphatic rings. The maximum atomic E-state index is 13.0. The van der Waals surface area contributed by atoms with Crippen LogP contribution >= 0.6 is 0 Å². The number of carbonyl (C=O) groups excluding carboxylic acids is 2. The van der Waals surface area contributed by atoms with Gasteiger partial charge in [-0.3, -0.25) is 9.59 Å². The molecule has 0 spiro atoms. The fraction of sp³-hybridized carbons (Fsp3) is 0.905. The smallest absolute Gasteiger partial charge is 0.305 e. The number of hydrogen-bond donors (Lipinski definition) is 6. The van der Waals surface area contributed by atoms with Crippen molar-refractivity contribution in [1.82, 2.24) is 5.32 Å². The third kappa shape index (κ3) is 42.2. The minimum absolute atomic E-state index is 0.000561. The van der Waals surface area contributed by atoms with Crippen LogP contribution in [0.2, 0.25) is 0 Å². The maximum absolute atomic E-state index is 13.0. The molecule has 0 aromatic carbocycles. The van der Waals surface area contributed by atoms with Crippen molar-refractivity contribution in [2.75, 3.05) is 19.8 Å². The molecule has 7 unspecified atom stereocenters. The van der Waals surface area contributed by atoms with E-state index < -0.39 is 49.5 Å². The highest BCUT2D eigenvalue weighted by molar-refractivity contribution is 5.76. The van der Waals surface area contributed by atoms with Gasteiger partial charge in [-0.2, -0.15) is 0 Å². The summed E-state index contributed by atoms with van der Waals surface area (Å²) in [5.74, 6) is -0.190. The first-order chi connectivity index (χ1) is 36.2. The number of aliphatic hydroxyl groups is 5. The minimum atomic E-state index is -1.57. The first kappa shape index (κ1) is 70.2. The van der Waals surface area contributed by atoms with E-state index in [1.54, 1.807) is 6.08 Å². The molecule has 7 atom stereocenters. The van der Waals surface area contributed by atoms with Gasteiger partial charge >= 0.3 is 5.97 Å². The number of unbranched alkanes of at least 4 members (excludes halogenated alkanes) is 39. The molecule has 1 saturated heterocycles. The first-order valence-electron chi connectivity index (χ1n) is 31.6. The van der Waals surface area contributed by atoms with Gasteiger partial charge < -0.3 is 45.1 Å². The van der Waals surface area contributed by atoms with Gasteiger partial charge in [0.2, 0.25) is 5.91 Å². The zero-order chi connectivity index (χ0) is 53.8. The standard InChI is InChI=1S/C63H119NO10/c1-3-5-7-9-11-13-14-15-24-28-31-35-39-43-47-51-59(68)72-52-48-44-40-36-32-29-26-23-21-19-17-16-18-20-22-25-27-30-34-38-42-46-50-58(67)64-55(56(66)49-45-41-37-33-12-10-8-6-4-2)54-73-63-62(71)61(70)60(69)57(53-65)74-63/h18,20,45,49,55-57,60-63,65-66,69-71H,3-17,19,21-44,46-48,50-54H2,1-2H3,(H,64,67)/b20-18-,49-45+. The number of carbonyl (C=O) groups is 2. The number of ether oxygens (including phenoxy) is 3. The van der Waals surface area contributed by atoms with Crippen molar-refractivity contribution in [1.29, 1.82) is 0 Å². The highest BCUT2D eigenvalue weighted by Crippen LogP contribution is 2.23. The van der Waals surface area contributed by atoms with Crippen LogP contribution in [0.1, 0.15) is 303 Å². The SMILES string of the molecule is CCCCCCCCC/C=C/C(O)C(COC1OC(CO)C(O)C(O)C1O)NC(=O)CCCCCCCCC/C=C\CCCCCCCCCCCCCOC(=O)CCCCCCCCCCCCCCCCC. The van der Waals surface area contributed by atoms with Crippen molar-refractivity contribution in [2.45, 2.75) is 346 Å². The number of aliphatic hydroxyl groups excluding tert-OH is 5. The van der Waals surface area contributed by atoms with Crippen LogP contribution in [-0.2, 0) is 23.8 Å². The van der Waals surface area contributed by atoms with Crippen molar-refractivity contribution in [3.63, 3.8) is 0 Å². The Kier molecular flexibility index (Phi) is 50.4. The molecule has 0 saturated carbocycles. The van der Waals surface area contributed by atoms with Gasteiger partial charge in [0, 0.05) is 12.8 Å². The fourth-order valence-corrected chi connectivity index (χ4v) is 10.0. The zero-order valence-electron chi connectivity index (χ0n) is 48.1. The molecule has 11 heteroatoms.